The van der Waals surface area contributed by atoms with Crippen molar-refractivity contribution < 1.29 is 13.7 Å². The van der Waals surface area contributed by atoms with Gasteiger partial charge in [0.15, 0.2) is 0 Å². The molecule has 2 aromatic carbocycles. The molecule has 1 N–H and O–H groups in total. The van der Waals surface area contributed by atoms with Crippen LogP contribution in [0.25, 0.3) is 0 Å². The van der Waals surface area contributed by atoms with Crippen molar-refractivity contribution in [2.75, 3.05) is 18.7 Å². The predicted octanol–water partition coefficient (Wildman–Crippen LogP) is 3.71. The molecule has 0 fully saturated rings. The Kier molecular flexibility index (Phi) is 6.55. The second kappa shape index (κ2) is 8.64. The SMILES string of the molecule is CC[C@@H](C(=O)Nc1ccccc1C[S@](C)=O)c1ccc(OC)cc1. The number of hydrogen-bond donors (Lipinski definition) is 1. The first kappa shape index (κ1) is 18.2. The van der Waals surface area contributed by atoms with Crippen LogP contribution >= 0.6 is 0 Å². The van der Waals surface area contributed by atoms with Gasteiger partial charge in [0.1, 0.15) is 5.75 Å². The van der Waals surface area contributed by atoms with Crippen molar-refractivity contribution in [3.05, 3.63) is 59.7 Å². The lowest BCUT2D eigenvalue weighted by atomic mass is 9.95. The molecule has 0 saturated heterocycles. The number of carbonyl (C=O) groups is 1. The van der Waals surface area contributed by atoms with Gasteiger partial charge in [-0.2, -0.15) is 0 Å². The van der Waals surface area contributed by atoms with E-state index in [1.54, 1.807) is 13.4 Å². The smallest absolute Gasteiger partial charge is 0.231 e. The fourth-order valence-corrected chi connectivity index (χ4v) is 3.31. The largest absolute Gasteiger partial charge is 0.497 e. The summed E-state index contributed by atoms with van der Waals surface area (Å²) in [6, 6.07) is 15.1. The molecule has 0 aromatic heterocycles. The summed E-state index contributed by atoms with van der Waals surface area (Å²) in [6.07, 6.45) is 2.35. The van der Waals surface area contributed by atoms with E-state index in [-0.39, 0.29) is 11.8 Å². The number of rotatable bonds is 7. The molecule has 0 aliphatic rings. The predicted molar refractivity (Wildman–Crippen MR) is 98.9 cm³/mol. The second-order valence-corrected chi connectivity index (χ2v) is 7.03. The molecule has 0 bridgehead atoms. The van der Waals surface area contributed by atoms with Gasteiger partial charge >= 0.3 is 0 Å². The molecule has 0 unspecified atom stereocenters. The average molecular weight is 345 g/mol. The van der Waals surface area contributed by atoms with Gasteiger partial charge in [-0.3, -0.25) is 9.00 Å². The van der Waals surface area contributed by atoms with Crippen molar-refractivity contribution in [1.82, 2.24) is 0 Å². The van der Waals surface area contributed by atoms with E-state index in [4.69, 9.17) is 4.74 Å². The van der Waals surface area contributed by atoms with Crippen LogP contribution in [0.2, 0.25) is 0 Å². The quantitative estimate of drug-likeness (QED) is 0.832. The van der Waals surface area contributed by atoms with Gasteiger partial charge in [0, 0.05) is 22.7 Å². The van der Waals surface area contributed by atoms with Crippen molar-refractivity contribution in [3.8, 4) is 5.75 Å². The van der Waals surface area contributed by atoms with E-state index >= 15 is 0 Å². The zero-order chi connectivity index (χ0) is 17.5. The van der Waals surface area contributed by atoms with Crippen molar-refractivity contribution in [3.63, 3.8) is 0 Å². The number of carbonyl (C=O) groups excluding carboxylic acids is 1. The third kappa shape index (κ3) is 4.68. The highest BCUT2D eigenvalue weighted by Gasteiger charge is 2.19. The summed E-state index contributed by atoms with van der Waals surface area (Å²) in [4.78, 5) is 12.7. The summed E-state index contributed by atoms with van der Waals surface area (Å²) in [5, 5.41) is 2.99. The topological polar surface area (TPSA) is 55.4 Å². The Morgan fingerprint density at radius 1 is 1.17 bits per heavy atom. The van der Waals surface area contributed by atoms with Crippen LogP contribution in [-0.2, 0) is 21.3 Å². The number of methoxy groups -OCH3 is 1. The number of anilines is 1. The normalized spacial score (nSPS) is 13.1. The van der Waals surface area contributed by atoms with Gasteiger partial charge in [0.2, 0.25) is 5.91 Å². The molecule has 0 spiro atoms. The van der Waals surface area contributed by atoms with Crippen LogP contribution in [0.15, 0.2) is 48.5 Å². The van der Waals surface area contributed by atoms with E-state index in [1.165, 1.54) is 0 Å². The zero-order valence-corrected chi connectivity index (χ0v) is 15.1. The molecule has 0 saturated carbocycles. The second-order valence-electron chi connectivity index (χ2n) is 5.60. The van der Waals surface area contributed by atoms with Gasteiger partial charge in [-0.25, -0.2) is 0 Å². The number of ether oxygens (including phenoxy) is 1. The monoisotopic (exact) mass is 345 g/mol. The maximum atomic E-state index is 12.7. The number of benzene rings is 2. The number of hydrogen-bond acceptors (Lipinski definition) is 3. The van der Waals surface area contributed by atoms with Gasteiger partial charge in [0.05, 0.1) is 18.8 Å². The maximum Gasteiger partial charge on any atom is 0.231 e. The van der Waals surface area contributed by atoms with Crippen molar-refractivity contribution in [1.29, 1.82) is 0 Å². The number of para-hydroxylation sites is 1. The van der Waals surface area contributed by atoms with Crippen LogP contribution in [0, 0.1) is 0 Å². The van der Waals surface area contributed by atoms with Gasteiger partial charge in [-0.05, 0) is 35.7 Å². The van der Waals surface area contributed by atoms with E-state index in [1.807, 2.05) is 55.5 Å². The minimum Gasteiger partial charge on any atom is -0.497 e. The minimum atomic E-state index is -0.959. The first-order valence-electron chi connectivity index (χ1n) is 7.88. The lowest BCUT2D eigenvalue weighted by molar-refractivity contribution is -0.117. The van der Waals surface area contributed by atoms with E-state index in [2.05, 4.69) is 5.32 Å². The van der Waals surface area contributed by atoms with Crippen LogP contribution in [0.5, 0.6) is 5.75 Å². The number of nitrogens with one attached hydrogen (secondary N) is 1. The fourth-order valence-electron chi connectivity index (χ4n) is 2.62. The Morgan fingerprint density at radius 2 is 1.83 bits per heavy atom. The van der Waals surface area contributed by atoms with Crippen LogP contribution in [0.4, 0.5) is 5.69 Å². The molecule has 5 heteroatoms. The highest BCUT2D eigenvalue weighted by Crippen LogP contribution is 2.25. The average Bonchev–Trinajstić information content (AvgIpc) is 2.57. The zero-order valence-electron chi connectivity index (χ0n) is 14.2. The summed E-state index contributed by atoms with van der Waals surface area (Å²) in [5.41, 5.74) is 2.56. The molecule has 0 radical (unpaired) electrons. The Hall–Kier alpha value is -2.14. The van der Waals surface area contributed by atoms with Gasteiger partial charge < -0.3 is 10.1 Å². The molecule has 1 amide bonds. The highest BCUT2D eigenvalue weighted by atomic mass is 32.2. The third-order valence-electron chi connectivity index (χ3n) is 3.88. The lowest BCUT2D eigenvalue weighted by Crippen LogP contribution is -2.21. The summed E-state index contributed by atoms with van der Waals surface area (Å²) < 4.78 is 16.7. The standard InChI is InChI=1S/C19H23NO3S/c1-4-17(14-9-11-16(23-2)12-10-14)19(21)20-18-8-6-5-7-15(18)13-24(3)22/h5-12,17H,4,13H2,1-3H3,(H,20,21)/t17-,24+/m1/s1. The van der Waals surface area contributed by atoms with Gasteiger partial charge in [0.25, 0.3) is 0 Å². The van der Waals surface area contributed by atoms with Crippen LogP contribution in [0.3, 0.4) is 0 Å². The molecule has 2 aromatic rings. The van der Waals surface area contributed by atoms with Crippen molar-refractivity contribution in [2.24, 2.45) is 0 Å². The Bertz CT molecular complexity index is 713. The molecular weight excluding hydrogens is 322 g/mol. The lowest BCUT2D eigenvalue weighted by Gasteiger charge is -2.17. The summed E-state index contributed by atoms with van der Waals surface area (Å²) in [7, 11) is 0.660. The molecule has 2 rings (SSSR count). The Labute approximate surface area is 145 Å². The van der Waals surface area contributed by atoms with Gasteiger partial charge in [-0.15, -0.1) is 0 Å². The van der Waals surface area contributed by atoms with Gasteiger partial charge in [-0.1, -0.05) is 37.3 Å². The van der Waals surface area contributed by atoms with Crippen LogP contribution in [0.1, 0.15) is 30.4 Å². The molecule has 128 valence electrons. The first-order chi connectivity index (χ1) is 11.5. The van der Waals surface area contributed by atoms with E-state index < -0.39 is 10.8 Å². The van der Waals surface area contributed by atoms with E-state index in [0.717, 1.165) is 22.6 Å². The Balaban J connectivity index is 2.19. The van der Waals surface area contributed by atoms with Crippen molar-refractivity contribution >= 4 is 22.4 Å². The van der Waals surface area contributed by atoms with Crippen LogP contribution < -0.4 is 10.1 Å². The maximum absolute atomic E-state index is 12.7. The molecule has 0 heterocycles. The van der Waals surface area contributed by atoms with E-state index in [0.29, 0.717) is 12.2 Å². The van der Waals surface area contributed by atoms with Crippen molar-refractivity contribution in [2.45, 2.75) is 25.0 Å². The highest BCUT2D eigenvalue weighted by molar-refractivity contribution is 7.83. The summed E-state index contributed by atoms with van der Waals surface area (Å²) >= 11 is 0. The fraction of sp³-hybridized carbons (Fsp3) is 0.316. The van der Waals surface area contributed by atoms with E-state index in [9.17, 15) is 9.00 Å². The summed E-state index contributed by atoms with van der Waals surface area (Å²) in [5.74, 6) is 0.897. The van der Waals surface area contributed by atoms with Crippen LogP contribution in [-0.4, -0.2) is 23.5 Å². The summed E-state index contributed by atoms with van der Waals surface area (Å²) in [6.45, 7) is 1.99. The molecule has 2 atom stereocenters. The molecule has 0 aliphatic heterocycles. The Morgan fingerprint density at radius 3 is 2.42 bits per heavy atom. The first-order valence-corrected chi connectivity index (χ1v) is 9.60. The molecule has 0 aliphatic carbocycles. The number of amides is 1. The molecule has 4 nitrogen and oxygen atoms in total. The molecule has 24 heavy (non-hydrogen) atoms. The molecular formula is C19H23NO3S. The third-order valence-corrected chi connectivity index (χ3v) is 4.59. The minimum absolute atomic E-state index is 0.0583.